The molecule has 1 aromatic carbocycles. The Labute approximate surface area is 255 Å². The van der Waals surface area contributed by atoms with Crippen LogP contribution in [0.25, 0.3) is 0 Å². The first-order chi connectivity index (χ1) is 19.6. The zero-order chi connectivity index (χ0) is 29.7. The van der Waals surface area contributed by atoms with Crippen LogP contribution < -0.4 is 15.0 Å². The number of hydrogen-bond donors (Lipinski definition) is 1. The van der Waals surface area contributed by atoms with Crippen LogP contribution >= 0.6 is 12.4 Å². The van der Waals surface area contributed by atoms with Crippen molar-refractivity contribution in [1.82, 2.24) is 30.3 Å². The van der Waals surface area contributed by atoms with Crippen LogP contribution in [0, 0.1) is 17.2 Å². The number of benzene rings is 1. The van der Waals surface area contributed by atoms with Crippen molar-refractivity contribution in [1.29, 1.82) is 0 Å². The van der Waals surface area contributed by atoms with Gasteiger partial charge in [0.25, 0.3) is 11.8 Å². The Balaban J connectivity index is 0.00000484. The van der Waals surface area contributed by atoms with Crippen LogP contribution in [0.3, 0.4) is 0 Å². The molecule has 2 atom stereocenters. The third-order valence-corrected chi connectivity index (χ3v) is 8.50. The molecule has 10 nitrogen and oxygen atoms in total. The van der Waals surface area contributed by atoms with E-state index in [1.54, 1.807) is 12.0 Å². The summed E-state index contributed by atoms with van der Waals surface area (Å²) in [7, 11) is 3.75. The van der Waals surface area contributed by atoms with Crippen molar-refractivity contribution < 1.29 is 18.7 Å². The fraction of sp³-hybridized carbons (Fsp3) is 0.667. The normalized spacial score (nSPS) is 17.7. The van der Waals surface area contributed by atoms with E-state index < -0.39 is 5.82 Å². The molecule has 0 aliphatic carbocycles. The number of carbonyl (C=O) groups excluding carboxylic acids is 1. The number of halogens is 2. The average molecular weight is 608 g/mol. The molecule has 2 aliphatic heterocycles. The molecule has 1 aromatic heterocycles. The first-order valence-corrected chi connectivity index (χ1v) is 14.7. The Morgan fingerprint density at radius 1 is 1.21 bits per heavy atom. The molecule has 12 heteroatoms. The first-order valence-electron chi connectivity index (χ1n) is 14.7. The van der Waals surface area contributed by atoms with Crippen LogP contribution in [0.15, 0.2) is 24.5 Å². The van der Waals surface area contributed by atoms with Crippen LogP contribution in [-0.4, -0.2) is 103 Å². The Kier molecular flexibility index (Phi) is 11.9. The smallest absolute Gasteiger partial charge is 0.282 e. The third-order valence-electron chi connectivity index (χ3n) is 8.50. The molecular formula is C30H47ClFN7O3. The van der Waals surface area contributed by atoms with Crippen LogP contribution in [0.1, 0.15) is 57.8 Å². The number of likely N-dealkylation sites (tertiary alicyclic amines) is 1. The maximum Gasteiger partial charge on any atom is 0.282 e. The van der Waals surface area contributed by atoms with Gasteiger partial charge in [0.2, 0.25) is 0 Å². The number of hydrogen-bond acceptors (Lipinski definition) is 9. The molecule has 3 heterocycles. The van der Waals surface area contributed by atoms with Gasteiger partial charge < -0.3 is 24.6 Å². The number of carbonyl (C=O) groups is 1. The van der Waals surface area contributed by atoms with E-state index in [1.807, 2.05) is 27.8 Å². The van der Waals surface area contributed by atoms with E-state index in [0.717, 1.165) is 45.6 Å². The highest BCUT2D eigenvalue weighted by atomic mass is 35.5. The van der Waals surface area contributed by atoms with Crippen LogP contribution in [-0.2, 0) is 4.74 Å². The van der Waals surface area contributed by atoms with Gasteiger partial charge in [0.05, 0.1) is 11.7 Å². The number of amides is 1. The van der Waals surface area contributed by atoms with Gasteiger partial charge in [-0.3, -0.25) is 9.69 Å². The summed E-state index contributed by atoms with van der Waals surface area (Å²) in [6, 6.07) is 4.38. The largest absolute Gasteiger partial charge is 0.434 e. The van der Waals surface area contributed by atoms with E-state index in [2.05, 4.69) is 44.1 Å². The van der Waals surface area contributed by atoms with Gasteiger partial charge in [0.15, 0.2) is 5.82 Å². The van der Waals surface area contributed by atoms with Crippen molar-refractivity contribution in [2.75, 3.05) is 58.3 Å². The predicted molar refractivity (Wildman–Crippen MR) is 164 cm³/mol. The second-order valence-corrected chi connectivity index (χ2v) is 12.1. The second-order valence-electron chi connectivity index (χ2n) is 12.1. The van der Waals surface area contributed by atoms with E-state index in [4.69, 9.17) is 9.47 Å². The lowest BCUT2D eigenvalue weighted by Gasteiger charge is -2.53. The van der Waals surface area contributed by atoms with Crippen LogP contribution in [0.4, 0.5) is 10.2 Å². The summed E-state index contributed by atoms with van der Waals surface area (Å²) >= 11 is 0. The van der Waals surface area contributed by atoms with Crippen molar-refractivity contribution in [2.45, 2.75) is 65.6 Å². The summed E-state index contributed by atoms with van der Waals surface area (Å²) in [5.74, 6) is 0.757. The molecule has 2 saturated heterocycles. The predicted octanol–water partition coefficient (Wildman–Crippen LogP) is 4.26. The minimum absolute atomic E-state index is 0. The van der Waals surface area contributed by atoms with Crippen LogP contribution in [0.2, 0.25) is 0 Å². The number of anilines is 1. The van der Waals surface area contributed by atoms with E-state index in [1.165, 1.54) is 24.5 Å². The molecule has 2 aromatic rings. The number of ether oxygens (including phenoxy) is 2. The van der Waals surface area contributed by atoms with Crippen molar-refractivity contribution in [3.63, 3.8) is 0 Å². The van der Waals surface area contributed by atoms with Crippen LogP contribution in [0.5, 0.6) is 11.6 Å². The van der Waals surface area contributed by atoms with Crippen molar-refractivity contribution >= 4 is 24.1 Å². The van der Waals surface area contributed by atoms with Crippen molar-refractivity contribution in [2.24, 2.45) is 11.3 Å². The summed E-state index contributed by atoms with van der Waals surface area (Å²) in [4.78, 5) is 24.3. The molecule has 0 saturated carbocycles. The Hall–Kier alpha value is -2.60. The molecule has 2 aliphatic rings. The summed E-state index contributed by atoms with van der Waals surface area (Å²) in [6.07, 6.45) is 3.63. The van der Waals surface area contributed by atoms with Gasteiger partial charge in [-0.15, -0.1) is 22.6 Å². The quantitative estimate of drug-likeness (QED) is 0.358. The molecule has 1 spiro atoms. The van der Waals surface area contributed by atoms with E-state index >= 15 is 0 Å². The number of methoxy groups -OCH3 is 1. The maximum absolute atomic E-state index is 14.2. The topological polar surface area (TPSA) is 96.0 Å². The van der Waals surface area contributed by atoms with E-state index in [9.17, 15) is 9.18 Å². The fourth-order valence-corrected chi connectivity index (χ4v) is 6.33. The molecule has 4 rings (SSSR count). The second kappa shape index (κ2) is 14.7. The number of aromatic nitrogens is 3. The highest BCUT2D eigenvalue weighted by Crippen LogP contribution is 2.44. The number of rotatable bonds is 13. The Morgan fingerprint density at radius 3 is 2.57 bits per heavy atom. The Morgan fingerprint density at radius 2 is 1.95 bits per heavy atom. The fourth-order valence-electron chi connectivity index (χ4n) is 6.33. The summed E-state index contributed by atoms with van der Waals surface area (Å²) in [6.45, 7) is 15.4. The lowest BCUT2D eigenvalue weighted by atomic mass is 9.76. The molecule has 1 amide bonds. The van der Waals surface area contributed by atoms with Crippen molar-refractivity contribution in [3.05, 3.63) is 35.9 Å². The average Bonchev–Trinajstić information content (AvgIpc) is 3.37. The van der Waals surface area contributed by atoms with E-state index in [-0.39, 0.29) is 53.1 Å². The lowest BCUT2D eigenvalue weighted by Crippen LogP contribution is -2.62. The SMILES string of the molecule is CCN(C(=O)c1cc(F)ccc1Oc1nncnc1N1CCC2(C1)CN([C@@H](C[C@@H](CNC)OC)C(C)C)C2)C(C)C.Cl. The molecule has 42 heavy (non-hydrogen) atoms. The first kappa shape index (κ1) is 33.9. The molecular weight excluding hydrogens is 561 g/mol. The maximum atomic E-state index is 14.2. The Bertz CT molecular complexity index is 1180. The number of nitrogens with one attached hydrogen (secondary N) is 1. The monoisotopic (exact) mass is 607 g/mol. The zero-order valence-electron chi connectivity index (χ0n) is 26.0. The van der Waals surface area contributed by atoms with Gasteiger partial charge >= 0.3 is 0 Å². The molecule has 0 unspecified atom stereocenters. The van der Waals surface area contributed by atoms with Gasteiger partial charge in [-0.1, -0.05) is 13.8 Å². The molecule has 234 valence electrons. The third kappa shape index (κ3) is 7.48. The molecule has 2 fully saturated rings. The van der Waals surface area contributed by atoms with E-state index in [0.29, 0.717) is 24.3 Å². The van der Waals surface area contributed by atoms with Gasteiger partial charge in [0.1, 0.15) is 17.9 Å². The van der Waals surface area contributed by atoms with Crippen molar-refractivity contribution in [3.8, 4) is 11.6 Å². The lowest BCUT2D eigenvalue weighted by molar-refractivity contribution is -0.0500. The summed E-state index contributed by atoms with van der Waals surface area (Å²) < 4.78 is 26.1. The molecule has 1 N–H and O–H groups in total. The standard InChI is InChI=1S/C30H46FN7O3.ClH/c1-8-38(21(4)5)29(39)24-13-22(31)9-10-26(24)41-28-27(33-19-34-35-28)36-12-11-30(16-36)17-37(18-30)25(20(2)3)14-23(40-7)15-32-6;/h9-10,13,19-21,23,25,32H,8,11-12,14-18H2,1-7H3;1H/t23-,25-;/m0./s1. The number of likely N-dealkylation sites (N-methyl/N-ethyl adjacent to an activating group) is 1. The summed E-state index contributed by atoms with van der Waals surface area (Å²) in [5.41, 5.74) is 0.327. The highest BCUT2D eigenvalue weighted by molar-refractivity contribution is 5.97. The number of nitrogens with zero attached hydrogens (tertiary/aromatic N) is 6. The van der Waals surface area contributed by atoms with Gasteiger partial charge in [-0.25, -0.2) is 9.37 Å². The van der Waals surface area contributed by atoms with Gasteiger partial charge in [-0.2, -0.15) is 0 Å². The molecule has 0 bridgehead atoms. The van der Waals surface area contributed by atoms with Gasteiger partial charge in [-0.05, 0) is 64.8 Å². The summed E-state index contributed by atoms with van der Waals surface area (Å²) in [5, 5.41) is 11.4. The van der Waals surface area contributed by atoms with Gasteiger partial charge in [0, 0.05) is 63.9 Å². The minimum atomic E-state index is -0.503. The molecule has 0 radical (unpaired) electrons. The highest BCUT2D eigenvalue weighted by Gasteiger charge is 2.50. The zero-order valence-corrected chi connectivity index (χ0v) is 26.8. The minimum Gasteiger partial charge on any atom is -0.434 e.